The van der Waals surface area contributed by atoms with Crippen LogP contribution >= 0.6 is 0 Å². The minimum atomic E-state index is -0.0853. The smallest absolute Gasteiger partial charge is 0.133 e. The lowest BCUT2D eigenvalue weighted by molar-refractivity contribution is 0.466. The summed E-state index contributed by atoms with van der Waals surface area (Å²) in [7, 11) is 7.93. The van der Waals surface area contributed by atoms with Crippen LogP contribution in [0.3, 0.4) is 0 Å². The van der Waals surface area contributed by atoms with E-state index in [1.54, 1.807) is 12.1 Å². The van der Waals surface area contributed by atoms with Crippen molar-refractivity contribution in [2.45, 2.75) is 0 Å². The lowest BCUT2D eigenvalue weighted by atomic mass is 9.89. The summed E-state index contributed by atoms with van der Waals surface area (Å²) in [5.41, 5.74) is 9.84. The monoisotopic (exact) mass is 782 g/mol. The second-order valence-electron chi connectivity index (χ2n) is 16.2. The molecular formula is C52H38N4O4. The number of aromatic nitrogens is 4. The number of benzene rings is 8. The third kappa shape index (κ3) is 4.29. The molecule has 12 aromatic rings. The molecule has 0 atom stereocenters. The number of hydrogen-bond donors (Lipinski definition) is 4. The van der Waals surface area contributed by atoms with Gasteiger partial charge in [0.1, 0.15) is 23.0 Å². The predicted molar refractivity (Wildman–Crippen MR) is 245 cm³/mol. The highest BCUT2D eigenvalue weighted by molar-refractivity contribution is 6.21. The predicted octanol–water partition coefficient (Wildman–Crippen LogP) is 12.1. The zero-order valence-electron chi connectivity index (χ0n) is 33.3. The van der Waals surface area contributed by atoms with E-state index in [0.29, 0.717) is 33.4 Å². The second kappa shape index (κ2) is 11.9. The Morgan fingerprint density at radius 2 is 0.600 bits per heavy atom. The average Bonchev–Trinajstić information content (AvgIpc) is 3.91. The van der Waals surface area contributed by atoms with Crippen molar-refractivity contribution in [2.75, 3.05) is 0 Å². The minimum absolute atomic E-state index is 0.0233. The number of phenolic OH excluding ortho intramolecular Hbond substituents is 4. The molecule has 0 saturated carbocycles. The third-order valence-corrected chi connectivity index (χ3v) is 13.2. The number of nitrogens with zero attached hydrogens (tertiary/aromatic N) is 4. The van der Waals surface area contributed by atoms with Crippen molar-refractivity contribution in [1.82, 2.24) is 18.3 Å². The molecule has 0 bridgehead atoms. The topological polar surface area (TPSA) is 101 Å². The van der Waals surface area contributed by atoms with E-state index in [1.165, 1.54) is 0 Å². The van der Waals surface area contributed by atoms with E-state index >= 15 is 0 Å². The molecule has 0 unspecified atom stereocenters. The number of fused-ring (bicyclic) bond motifs is 12. The molecule has 0 aliphatic rings. The van der Waals surface area contributed by atoms with Crippen molar-refractivity contribution >= 4 is 87.2 Å². The summed E-state index contributed by atoms with van der Waals surface area (Å²) in [5, 5.41) is 57.5. The Morgan fingerprint density at radius 1 is 0.300 bits per heavy atom. The summed E-state index contributed by atoms with van der Waals surface area (Å²) in [6.07, 6.45) is 0. The fraction of sp³-hybridized carbons (Fsp3) is 0.0769. The van der Waals surface area contributed by atoms with Crippen LogP contribution in [0.5, 0.6) is 23.0 Å². The van der Waals surface area contributed by atoms with Crippen LogP contribution in [0.25, 0.3) is 121 Å². The van der Waals surface area contributed by atoms with Crippen molar-refractivity contribution in [1.29, 1.82) is 0 Å². The summed E-state index contributed by atoms with van der Waals surface area (Å²) >= 11 is 0. The van der Waals surface area contributed by atoms with E-state index < -0.39 is 0 Å². The zero-order chi connectivity index (χ0) is 40.9. The molecule has 0 saturated heterocycles. The van der Waals surface area contributed by atoms with Gasteiger partial charge in [-0.25, -0.2) is 0 Å². The van der Waals surface area contributed by atoms with Crippen molar-refractivity contribution < 1.29 is 20.4 Å². The van der Waals surface area contributed by atoms with Crippen LogP contribution in [0.4, 0.5) is 0 Å². The number of phenols is 4. The molecule has 0 spiro atoms. The summed E-state index contributed by atoms with van der Waals surface area (Å²) < 4.78 is 8.27. The van der Waals surface area contributed by atoms with Gasteiger partial charge in [-0.2, -0.15) is 0 Å². The number of para-hydroxylation sites is 4. The van der Waals surface area contributed by atoms with E-state index in [-0.39, 0.29) is 23.0 Å². The molecule has 290 valence electrons. The first-order valence-electron chi connectivity index (χ1n) is 20.0. The molecule has 0 aliphatic heterocycles. The first-order valence-corrected chi connectivity index (χ1v) is 20.0. The van der Waals surface area contributed by atoms with Crippen molar-refractivity contribution in [2.24, 2.45) is 28.2 Å². The molecule has 60 heavy (non-hydrogen) atoms. The van der Waals surface area contributed by atoms with Crippen LogP contribution in [0.15, 0.2) is 133 Å². The maximum absolute atomic E-state index is 13.0. The Labute approximate surface area is 342 Å². The average molecular weight is 783 g/mol. The molecule has 4 N–H and O–H groups in total. The zero-order valence-corrected chi connectivity index (χ0v) is 33.3. The molecule has 4 heterocycles. The Morgan fingerprint density at radius 3 is 0.967 bits per heavy atom. The highest BCUT2D eigenvalue weighted by Crippen LogP contribution is 2.55. The van der Waals surface area contributed by atoms with Gasteiger partial charge in [-0.3, -0.25) is 0 Å². The summed E-state index contributed by atoms with van der Waals surface area (Å²) in [4.78, 5) is 0. The highest BCUT2D eigenvalue weighted by atomic mass is 16.3. The lowest BCUT2D eigenvalue weighted by Crippen LogP contribution is -1.96. The molecule has 8 aromatic carbocycles. The molecule has 0 radical (unpaired) electrons. The maximum atomic E-state index is 13.0. The van der Waals surface area contributed by atoms with E-state index in [0.717, 1.165) is 87.2 Å². The van der Waals surface area contributed by atoms with Crippen molar-refractivity contribution in [3.8, 4) is 56.4 Å². The minimum Gasteiger partial charge on any atom is -0.507 e. The molecule has 8 heteroatoms. The Hall–Kier alpha value is -7.84. The second-order valence-corrected chi connectivity index (χ2v) is 16.2. The van der Waals surface area contributed by atoms with Gasteiger partial charge in [-0.1, -0.05) is 72.8 Å². The lowest BCUT2D eigenvalue weighted by Gasteiger charge is -2.19. The van der Waals surface area contributed by atoms with Crippen LogP contribution in [0.1, 0.15) is 0 Å². The summed E-state index contributed by atoms with van der Waals surface area (Å²) in [5.74, 6) is -0.124. The van der Waals surface area contributed by atoms with Crippen LogP contribution < -0.4 is 0 Å². The third-order valence-electron chi connectivity index (χ3n) is 13.2. The summed E-state index contributed by atoms with van der Waals surface area (Å²) in [6, 6.07) is 43.9. The summed E-state index contributed by atoms with van der Waals surface area (Å²) in [6.45, 7) is 0. The number of aryl methyl sites for hydroxylation is 4. The van der Waals surface area contributed by atoms with Gasteiger partial charge in [0.05, 0.1) is 33.2 Å². The molecule has 12 rings (SSSR count). The van der Waals surface area contributed by atoms with Gasteiger partial charge < -0.3 is 38.7 Å². The molecule has 4 aromatic heterocycles. The van der Waals surface area contributed by atoms with Gasteiger partial charge in [-0.05, 0) is 48.5 Å². The SMILES string of the molecule is Cn1c2ccccc2c2cc(-c3c(O)c(-c4cc5c6ccccc6n(C)c5c(-c5cc6c7ccccc7n(C)c6cc5O)c4O)cc4c5ccccc5n(C)c34)c(O)cc21. The largest absolute Gasteiger partial charge is 0.507 e. The molecular weight excluding hydrogens is 745 g/mol. The Balaban J connectivity index is 1.24. The van der Waals surface area contributed by atoms with Crippen molar-refractivity contribution in [3.05, 3.63) is 133 Å². The molecule has 0 aliphatic carbocycles. The van der Waals surface area contributed by atoms with Gasteiger partial charge in [0.15, 0.2) is 0 Å². The van der Waals surface area contributed by atoms with Crippen LogP contribution in [0.2, 0.25) is 0 Å². The number of rotatable bonds is 3. The maximum Gasteiger partial charge on any atom is 0.133 e. The van der Waals surface area contributed by atoms with Crippen molar-refractivity contribution in [3.63, 3.8) is 0 Å². The number of hydrogen-bond acceptors (Lipinski definition) is 4. The molecule has 8 nitrogen and oxygen atoms in total. The van der Waals surface area contributed by atoms with Gasteiger partial charge in [-0.15, -0.1) is 0 Å². The Bertz CT molecular complexity index is 3620. The molecule has 0 fully saturated rings. The molecule has 0 amide bonds. The van der Waals surface area contributed by atoms with Crippen LogP contribution in [-0.2, 0) is 28.2 Å². The van der Waals surface area contributed by atoms with Crippen LogP contribution in [0, 0.1) is 0 Å². The first-order chi connectivity index (χ1) is 29.1. The fourth-order valence-corrected chi connectivity index (χ4v) is 10.4. The quantitative estimate of drug-likeness (QED) is 0.143. The van der Waals surface area contributed by atoms with Gasteiger partial charge in [0.2, 0.25) is 0 Å². The fourth-order valence-electron chi connectivity index (χ4n) is 10.4. The van der Waals surface area contributed by atoms with E-state index in [1.807, 2.05) is 113 Å². The van der Waals surface area contributed by atoms with E-state index in [2.05, 4.69) is 54.7 Å². The van der Waals surface area contributed by atoms with E-state index in [4.69, 9.17) is 0 Å². The standard InChI is InChI=1S/C52H38N4O4/c1-53-39-17-9-5-13-27(39)31-21-37(45(57)25-43(31)53)47-49-33(29-15-7-11-19-41(29)55(49)3)23-35(51(47)59)36-24-34-30-16-8-12-20-42(30)56(4)50(34)48(52(36)60)38-22-32-28-14-6-10-18-40(28)54(2)44(32)26-46(38)58/h5-26,57-60H,1-4H3. The van der Waals surface area contributed by atoms with Crippen LogP contribution in [-0.4, -0.2) is 38.7 Å². The van der Waals surface area contributed by atoms with Gasteiger partial charge in [0, 0.05) is 128 Å². The number of aromatic hydroxyl groups is 4. The first kappa shape index (κ1) is 34.2. The highest BCUT2D eigenvalue weighted by Gasteiger charge is 2.29. The normalized spacial score (nSPS) is 12.3. The Kier molecular flexibility index (Phi) is 6.77. The van der Waals surface area contributed by atoms with Gasteiger partial charge in [0.25, 0.3) is 0 Å². The van der Waals surface area contributed by atoms with Gasteiger partial charge >= 0.3 is 0 Å². The van der Waals surface area contributed by atoms with E-state index in [9.17, 15) is 20.4 Å².